The number of primary amides is 1. The van der Waals surface area contributed by atoms with Gasteiger partial charge >= 0.3 is 0 Å². The normalized spacial score (nSPS) is 15.9. The first kappa shape index (κ1) is 24.5. The highest BCUT2D eigenvalue weighted by Gasteiger charge is 2.28. The van der Waals surface area contributed by atoms with Gasteiger partial charge in [0.2, 0.25) is 5.91 Å². The van der Waals surface area contributed by atoms with Crippen molar-refractivity contribution in [2.24, 2.45) is 11.7 Å². The number of aryl methyl sites for hydroxylation is 1. The molecule has 1 aliphatic rings. The molecule has 3 heterocycles. The van der Waals surface area contributed by atoms with Crippen LogP contribution in [0.4, 0.5) is 5.82 Å². The van der Waals surface area contributed by atoms with Crippen molar-refractivity contribution in [2.75, 3.05) is 45.4 Å². The molecular formula is C26H33N5O4. The molecule has 0 saturated carbocycles. The van der Waals surface area contributed by atoms with Crippen molar-refractivity contribution in [1.82, 2.24) is 14.3 Å². The summed E-state index contributed by atoms with van der Waals surface area (Å²) in [7, 11) is 3.33. The van der Waals surface area contributed by atoms with Crippen LogP contribution in [-0.2, 0) is 16.1 Å². The summed E-state index contributed by atoms with van der Waals surface area (Å²) >= 11 is 0. The van der Waals surface area contributed by atoms with Crippen molar-refractivity contribution in [1.29, 1.82) is 0 Å². The molecule has 1 fully saturated rings. The van der Waals surface area contributed by atoms with E-state index in [2.05, 4.69) is 4.90 Å². The number of imidazole rings is 1. The predicted molar refractivity (Wildman–Crippen MR) is 134 cm³/mol. The number of pyridine rings is 1. The Kier molecular flexibility index (Phi) is 7.55. The van der Waals surface area contributed by atoms with E-state index in [1.165, 1.54) is 0 Å². The minimum atomic E-state index is -0.349. The van der Waals surface area contributed by atoms with Gasteiger partial charge in [-0.1, -0.05) is 12.1 Å². The zero-order chi connectivity index (χ0) is 24.9. The Hall–Kier alpha value is -3.59. The van der Waals surface area contributed by atoms with Crippen LogP contribution in [0, 0.1) is 12.8 Å². The maximum Gasteiger partial charge on any atom is 0.255 e. The number of piperidine rings is 1. The van der Waals surface area contributed by atoms with Crippen molar-refractivity contribution in [3.8, 4) is 5.75 Å². The quantitative estimate of drug-likeness (QED) is 0.506. The number of carbonyl (C=O) groups is 2. The second-order valence-electron chi connectivity index (χ2n) is 8.92. The number of benzene rings is 1. The van der Waals surface area contributed by atoms with E-state index in [4.69, 9.17) is 20.2 Å². The summed E-state index contributed by atoms with van der Waals surface area (Å²) in [4.78, 5) is 33.7. The standard InChI is InChI=1S/C26H33N5O4/c1-18-25(29(13-14-34-2)15-19-6-9-22(35-3)10-7-19)31-17-21(8-11-23(31)28-18)26(33)30-12-4-5-20(16-30)24(27)32/h6-11,17,20H,4-5,12-16H2,1-3H3,(H2,27,32). The molecule has 2 amide bonds. The molecule has 1 atom stereocenters. The lowest BCUT2D eigenvalue weighted by Crippen LogP contribution is -2.44. The van der Waals surface area contributed by atoms with Crippen molar-refractivity contribution in [2.45, 2.75) is 26.3 Å². The van der Waals surface area contributed by atoms with E-state index in [0.29, 0.717) is 38.3 Å². The lowest BCUT2D eigenvalue weighted by molar-refractivity contribution is -0.123. The Morgan fingerprint density at radius 2 is 1.94 bits per heavy atom. The van der Waals surface area contributed by atoms with E-state index in [0.717, 1.165) is 41.3 Å². The molecule has 4 rings (SSSR count). The Bertz CT molecular complexity index is 1190. The molecule has 1 saturated heterocycles. The van der Waals surface area contributed by atoms with Gasteiger partial charge in [-0.2, -0.15) is 0 Å². The number of hydrogen-bond acceptors (Lipinski definition) is 6. The van der Waals surface area contributed by atoms with E-state index in [-0.39, 0.29) is 17.7 Å². The summed E-state index contributed by atoms with van der Waals surface area (Å²) in [5.74, 6) is 0.974. The average Bonchev–Trinajstić information content (AvgIpc) is 3.21. The van der Waals surface area contributed by atoms with E-state index in [1.807, 2.05) is 47.9 Å². The fourth-order valence-electron chi connectivity index (χ4n) is 4.65. The summed E-state index contributed by atoms with van der Waals surface area (Å²) < 4.78 is 12.6. The first-order valence-electron chi connectivity index (χ1n) is 11.9. The second kappa shape index (κ2) is 10.8. The zero-order valence-corrected chi connectivity index (χ0v) is 20.6. The molecule has 0 radical (unpaired) electrons. The Morgan fingerprint density at radius 3 is 2.63 bits per heavy atom. The van der Waals surface area contributed by atoms with Crippen LogP contribution in [0.25, 0.3) is 5.65 Å². The van der Waals surface area contributed by atoms with Crippen LogP contribution in [0.15, 0.2) is 42.6 Å². The molecule has 9 nitrogen and oxygen atoms in total. The van der Waals surface area contributed by atoms with Gasteiger partial charge in [0.1, 0.15) is 17.2 Å². The number of carbonyl (C=O) groups excluding carboxylic acids is 2. The third-order valence-corrected chi connectivity index (χ3v) is 6.52. The highest BCUT2D eigenvalue weighted by molar-refractivity contribution is 5.95. The minimum Gasteiger partial charge on any atom is -0.497 e. The number of anilines is 1. The lowest BCUT2D eigenvalue weighted by Gasteiger charge is -2.31. The van der Waals surface area contributed by atoms with Crippen LogP contribution < -0.4 is 15.4 Å². The fourth-order valence-corrected chi connectivity index (χ4v) is 4.65. The van der Waals surface area contributed by atoms with Crippen LogP contribution in [0.3, 0.4) is 0 Å². The molecular weight excluding hydrogens is 446 g/mol. The highest BCUT2D eigenvalue weighted by Crippen LogP contribution is 2.26. The van der Waals surface area contributed by atoms with E-state index < -0.39 is 0 Å². The summed E-state index contributed by atoms with van der Waals surface area (Å²) in [5, 5.41) is 0. The smallest absolute Gasteiger partial charge is 0.255 e. The van der Waals surface area contributed by atoms with Crippen molar-refractivity contribution >= 4 is 23.3 Å². The number of likely N-dealkylation sites (tertiary alicyclic amines) is 1. The van der Waals surface area contributed by atoms with Gasteiger partial charge < -0.3 is 25.0 Å². The van der Waals surface area contributed by atoms with Crippen molar-refractivity contribution in [3.63, 3.8) is 0 Å². The zero-order valence-electron chi connectivity index (χ0n) is 20.6. The second-order valence-corrected chi connectivity index (χ2v) is 8.92. The molecule has 1 aromatic carbocycles. The van der Waals surface area contributed by atoms with Gasteiger partial charge in [-0.25, -0.2) is 4.98 Å². The third-order valence-electron chi connectivity index (χ3n) is 6.52. The topological polar surface area (TPSA) is 102 Å². The van der Waals surface area contributed by atoms with E-state index >= 15 is 0 Å². The third kappa shape index (κ3) is 5.40. The summed E-state index contributed by atoms with van der Waals surface area (Å²) in [6.07, 6.45) is 3.33. The molecule has 1 aliphatic heterocycles. The Morgan fingerprint density at radius 1 is 1.17 bits per heavy atom. The first-order valence-corrected chi connectivity index (χ1v) is 11.9. The summed E-state index contributed by atoms with van der Waals surface area (Å²) in [6, 6.07) is 11.6. The van der Waals surface area contributed by atoms with Crippen LogP contribution in [-0.4, -0.2) is 66.6 Å². The molecule has 35 heavy (non-hydrogen) atoms. The van der Waals surface area contributed by atoms with Gasteiger partial charge in [0.15, 0.2) is 0 Å². The number of hydrogen-bond donors (Lipinski definition) is 1. The molecule has 0 spiro atoms. The number of ether oxygens (including phenoxy) is 2. The average molecular weight is 480 g/mol. The minimum absolute atomic E-state index is 0.103. The van der Waals surface area contributed by atoms with Gasteiger partial charge in [-0.05, 0) is 49.6 Å². The van der Waals surface area contributed by atoms with Crippen LogP contribution in [0.2, 0.25) is 0 Å². The molecule has 9 heteroatoms. The largest absolute Gasteiger partial charge is 0.497 e. The van der Waals surface area contributed by atoms with Gasteiger partial charge in [-0.3, -0.25) is 14.0 Å². The lowest BCUT2D eigenvalue weighted by atomic mass is 9.97. The van der Waals surface area contributed by atoms with Crippen molar-refractivity contribution in [3.05, 3.63) is 59.4 Å². The highest BCUT2D eigenvalue weighted by atomic mass is 16.5. The predicted octanol–water partition coefficient (Wildman–Crippen LogP) is 2.64. The number of fused-ring (bicyclic) bond motifs is 1. The SMILES string of the molecule is COCCN(Cc1ccc(OC)cc1)c1c(C)nc2ccc(C(=O)N3CCCC(C(N)=O)C3)cn12. The van der Waals surface area contributed by atoms with Crippen LogP contribution >= 0.6 is 0 Å². The molecule has 2 aromatic heterocycles. The number of methoxy groups -OCH3 is 2. The summed E-state index contributed by atoms with van der Waals surface area (Å²) in [6.45, 7) is 4.80. The Labute approximate surface area is 205 Å². The number of rotatable bonds is 9. The van der Waals surface area contributed by atoms with Gasteiger partial charge in [0.05, 0.1) is 30.9 Å². The van der Waals surface area contributed by atoms with Crippen LogP contribution in [0.1, 0.15) is 34.5 Å². The maximum absolute atomic E-state index is 13.3. The number of aromatic nitrogens is 2. The van der Waals surface area contributed by atoms with Gasteiger partial charge in [0.25, 0.3) is 5.91 Å². The molecule has 3 aromatic rings. The van der Waals surface area contributed by atoms with E-state index in [9.17, 15) is 9.59 Å². The molecule has 0 bridgehead atoms. The van der Waals surface area contributed by atoms with E-state index in [1.54, 1.807) is 25.2 Å². The number of amides is 2. The van der Waals surface area contributed by atoms with Gasteiger partial charge in [0, 0.05) is 39.5 Å². The van der Waals surface area contributed by atoms with Crippen LogP contribution in [0.5, 0.6) is 5.75 Å². The summed E-state index contributed by atoms with van der Waals surface area (Å²) in [5.41, 5.74) is 8.81. The van der Waals surface area contributed by atoms with Crippen molar-refractivity contribution < 1.29 is 19.1 Å². The molecule has 0 aliphatic carbocycles. The molecule has 186 valence electrons. The molecule has 1 unspecified atom stereocenters. The fraction of sp³-hybridized carbons (Fsp3) is 0.423. The van der Waals surface area contributed by atoms with Gasteiger partial charge in [-0.15, -0.1) is 0 Å². The maximum atomic E-state index is 13.3. The molecule has 2 N–H and O–H groups in total. The first-order chi connectivity index (χ1) is 16.9. The Balaban J connectivity index is 1.66. The number of nitrogens with two attached hydrogens (primary N) is 1. The monoisotopic (exact) mass is 479 g/mol. The number of nitrogens with zero attached hydrogens (tertiary/aromatic N) is 4.